The van der Waals surface area contributed by atoms with Crippen LogP contribution in [0.5, 0.6) is 5.88 Å². The number of sulfonamides is 1. The Morgan fingerprint density at radius 2 is 1.80 bits per heavy atom. The van der Waals surface area contributed by atoms with Crippen molar-refractivity contribution < 1.29 is 13.5 Å². The van der Waals surface area contributed by atoms with E-state index in [0.717, 1.165) is 5.56 Å². The first kappa shape index (κ1) is 17.4. The molecule has 0 aliphatic heterocycles. The molecule has 1 aromatic heterocycles. The average molecular weight is 378 g/mol. The number of nitrogens with one attached hydrogen (secondary N) is 1. The Bertz CT molecular complexity index is 1050. The maximum atomic E-state index is 12.3. The standard InChI is InChI=1S/C17H16ClN3O3S/c1-10(2)11-3-6-13(7-4-11)25(23,24)21-20-16-14-9-12(18)5-8-15(14)19-17(16)22/h3-10,19,22H,1-2H3. The number of rotatable bonds is 4. The maximum absolute atomic E-state index is 12.3. The zero-order valence-corrected chi connectivity index (χ0v) is 15.1. The Hall–Kier alpha value is -2.38. The molecule has 0 aliphatic carbocycles. The predicted octanol–water partition coefficient (Wildman–Crippen LogP) is 5.12. The van der Waals surface area contributed by atoms with Crippen LogP contribution in [0.1, 0.15) is 25.3 Å². The van der Waals surface area contributed by atoms with Crippen LogP contribution in [-0.2, 0) is 10.0 Å². The van der Waals surface area contributed by atoms with Crippen LogP contribution in [0.15, 0.2) is 57.0 Å². The summed E-state index contributed by atoms with van der Waals surface area (Å²) >= 11 is 5.94. The molecule has 2 N–H and O–H groups in total. The van der Waals surface area contributed by atoms with Gasteiger partial charge < -0.3 is 10.1 Å². The molecular weight excluding hydrogens is 362 g/mol. The van der Waals surface area contributed by atoms with Gasteiger partial charge in [0.05, 0.1) is 10.4 Å². The van der Waals surface area contributed by atoms with E-state index in [2.05, 4.69) is 14.6 Å². The lowest BCUT2D eigenvalue weighted by Crippen LogP contribution is -1.96. The van der Waals surface area contributed by atoms with Gasteiger partial charge in [0, 0.05) is 10.4 Å². The summed E-state index contributed by atoms with van der Waals surface area (Å²) in [6.45, 7) is 4.04. The first-order chi connectivity index (χ1) is 11.8. The molecule has 2 aromatic carbocycles. The fraction of sp³-hybridized carbons (Fsp3) is 0.176. The van der Waals surface area contributed by atoms with Crippen molar-refractivity contribution in [2.24, 2.45) is 9.63 Å². The number of halogens is 1. The third-order valence-corrected chi connectivity index (χ3v) is 5.21. The second kappa shape index (κ2) is 6.50. The lowest BCUT2D eigenvalue weighted by Gasteiger charge is -2.05. The van der Waals surface area contributed by atoms with Crippen LogP contribution in [-0.4, -0.2) is 18.5 Å². The Kier molecular flexibility index (Phi) is 4.53. The van der Waals surface area contributed by atoms with Crippen molar-refractivity contribution in [2.45, 2.75) is 24.7 Å². The number of benzene rings is 2. The highest BCUT2D eigenvalue weighted by molar-refractivity contribution is 7.90. The zero-order chi connectivity index (χ0) is 18.2. The van der Waals surface area contributed by atoms with Crippen LogP contribution in [0.4, 0.5) is 5.69 Å². The smallest absolute Gasteiger partial charge is 0.299 e. The lowest BCUT2D eigenvalue weighted by atomic mass is 10.0. The molecular formula is C17H16ClN3O3S. The van der Waals surface area contributed by atoms with Crippen molar-refractivity contribution in [3.63, 3.8) is 0 Å². The van der Waals surface area contributed by atoms with Crippen molar-refractivity contribution >= 4 is 38.2 Å². The van der Waals surface area contributed by atoms with Crippen LogP contribution in [0.2, 0.25) is 5.02 Å². The zero-order valence-electron chi connectivity index (χ0n) is 13.6. The normalized spacial score (nSPS) is 12.5. The minimum Gasteiger partial charge on any atom is -0.493 e. The number of aromatic nitrogens is 1. The van der Waals surface area contributed by atoms with E-state index < -0.39 is 10.0 Å². The van der Waals surface area contributed by atoms with Gasteiger partial charge in [0.25, 0.3) is 10.0 Å². The molecule has 0 unspecified atom stereocenters. The molecule has 8 heteroatoms. The van der Waals surface area contributed by atoms with Gasteiger partial charge in [-0.15, -0.1) is 5.11 Å². The number of aromatic amines is 1. The molecule has 1 heterocycles. The largest absolute Gasteiger partial charge is 0.493 e. The van der Waals surface area contributed by atoms with Gasteiger partial charge >= 0.3 is 0 Å². The van der Waals surface area contributed by atoms with Gasteiger partial charge in [0.1, 0.15) is 0 Å². The van der Waals surface area contributed by atoms with Gasteiger partial charge in [-0.3, -0.25) is 0 Å². The molecule has 0 amide bonds. The molecule has 0 spiro atoms. The molecule has 0 atom stereocenters. The van der Waals surface area contributed by atoms with Crippen molar-refractivity contribution in [3.8, 4) is 5.88 Å². The van der Waals surface area contributed by atoms with Gasteiger partial charge in [0.15, 0.2) is 5.69 Å². The highest BCUT2D eigenvalue weighted by Gasteiger charge is 2.16. The lowest BCUT2D eigenvalue weighted by molar-refractivity contribution is 0.459. The molecule has 0 fully saturated rings. The third-order valence-electron chi connectivity index (χ3n) is 3.81. The molecule has 25 heavy (non-hydrogen) atoms. The molecule has 0 saturated heterocycles. The van der Waals surface area contributed by atoms with Gasteiger partial charge in [-0.2, -0.15) is 8.42 Å². The number of nitrogens with zero attached hydrogens (tertiary/aromatic N) is 2. The molecule has 0 saturated carbocycles. The minimum absolute atomic E-state index is 0.0277. The fourth-order valence-electron chi connectivity index (χ4n) is 2.40. The Balaban J connectivity index is 1.98. The number of fused-ring (bicyclic) bond motifs is 1. The summed E-state index contributed by atoms with van der Waals surface area (Å²) in [4.78, 5) is 2.74. The van der Waals surface area contributed by atoms with E-state index in [-0.39, 0.29) is 16.5 Å². The van der Waals surface area contributed by atoms with E-state index in [0.29, 0.717) is 21.8 Å². The SMILES string of the molecule is CC(C)c1ccc(S(=O)(=O)N=Nc2c(O)[nH]c3ccc(Cl)cc23)cc1. The van der Waals surface area contributed by atoms with Gasteiger partial charge in [-0.05, 0) is 41.8 Å². The molecule has 3 aromatic rings. The summed E-state index contributed by atoms with van der Waals surface area (Å²) in [6, 6.07) is 11.4. The van der Waals surface area contributed by atoms with Crippen molar-refractivity contribution in [1.82, 2.24) is 4.98 Å². The van der Waals surface area contributed by atoms with E-state index in [1.54, 1.807) is 30.3 Å². The molecule has 0 aliphatic rings. The molecule has 130 valence electrons. The molecule has 0 radical (unpaired) electrons. The first-order valence-corrected chi connectivity index (χ1v) is 9.38. The minimum atomic E-state index is -3.97. The number of hydrogen-bond acceptors (Lipinski definition) is 4. The summed E-state index contributed by atoms with van der Waals surface area (Å²) in [5.41, 5.74) is 1.63. The summed E-state index contributed by atoms with van der Waals surface area (Å²) in [5, 5.41) is 14.6. The van der Waals surface area contributed by atoms with Crippen molar-refractivity contribution in [3.05, 3.63) is 53.1 Å². The van der Waals surface area contributed by atoms with E-state index in [1.165, 1.54) is 12.1 Å². The van der Waals surface area contributed by atoms with Crippen LogP contribution in [0.25, 0.3) is 10.9 Å². The van der Waals surface area contributed by atoms with Crippen LogP contribution in [0.3, 0.4) is 0 Å². The van der Waals surface area contributed by atoms with E-state index in [4.69, 9.17) is 11.6 Å². The average Bonchev–Trinajstić information content (AvgIpc) is 2.88. The molecule has 0 bridgehead atoms. The van der Waals surface area contributed by atoms with Crippen LogP contribution in [0, 0.1) is 0 Å². The van der Waals surface area contributed by atoms with E-state index in [9.17, 15) is 13.5 Å². The maximum Gasteiger partial charge on any atom is 0.299 e. The Morgan fingerprint density at radius 1 is 1.12 bits per heavy atom. The Labute approximate surface area is 150 Å². The van der Waals surface area contributed by atoms with Crippen LogP contribution < -0.4 is 0 Å². The number of hydrogen-bond donors (Lipinski definition) is 2. The van der Waals surface area contributed by atoms with Gasteiger partial charge in [-0.25, -0.2) is 0 Å². The Morgan fingerprint density at radius 3 is 2.44 bits per heavy atom. The third kappa shape index (κ3) is 3.52. The van der Waals surface area contributed by atoms with Crippen molar-refractivity contribution in [1.29, 1.82) is 0 Å². The summed E-state index contributed by atoms with van der Waals surface area (Å²) < 4.78 is 28.1. The van der Waals surface area contributed by atoms with Gasteiger partial charge in [0.2, 0.25) is 5.88 Å². The quantitative estimate of drug-likeness (QED) is 0.617. The molecule has 6 nitrogen and oxygen atoms in total. The second-order valence-electron chi connectivity index (χ2n) is 5.89. The van der Waals surface area contributed by atoms with Crippen molar-refractivity contribution in [2.75, 3.05) is 0 Å². The topological polar surface area (TPSA) is 94.9 Å². The first-order valence-electron chi connectivity index (χ1n) is 7.56. The second-order valence-corrected chi connectivity index (χ2v) is 7.91. The fourth-order valence-corrected chi connectivity index (χ4v) is 3.34. The highest BCUT2D eigenvalue weighted by atomic mass is 35.5. The summed E-state index contributed by atoms with van der Waals surface area (Å²) in [6.07, 6.45) is 0. The van der Waals surface area contributed by atoms with E-state index in [1.807, 2.05) is 13.8 Å². The summed E-state index contributed by atoms with van der Waals surface area (Å²) in [7, 11) is -3.97. The number of aromatic hydroxyl groups is 1. The van der Waals surface area contributed by atoms with Crippen LogP contribution >= 0.6 is 11.6 Å². The van der Waals surface area contributed by atoms with E-state index >= 15 is 0 Å². The predicted molar refractivity (Wildman–Crippen MR) is 97.2 cm³/mol. The summed E-state index contributed by atoms with van der Waals surface area (Å²) in [5.74, 6) is 0.0256. The number of H-pyrrole nitrogens is 1. The highest BCUT2D eigenvalue weighted by Crippen LogP contribution is 2.37. The molecule has 3 rings (SSSR count). The van der Waals surface area contributed by atoms with Gasteiger partial charge in [-0.1, -0.05) is 42.1 Å². The monoisotopic (exact) mass is 377 g/mol.